The molecule has 0 fully saturated rings. The van der Waals surface area contributed by atoms with E-state index in [9.17, 15) is 0 Å². The van der Waals surface area contributed by atoms with Crippen LogP contribution in [0.15, 0.2) is 188 Å². The minimum absolute atomic E-state index is 0.826. The molecule has 3 heteroatoms. The number of fused-ring (bicyclic) bond motifs is 5. The predicted molar refractivity (Wildman–Crippen MR) is 213 cm³/mol. The van der Waals surface area contributed by atoms with Gasteiger partial charge in [0.25, 0.3) is 0 Å². The number of benzene rings is 8. The fraction of sp³-hybridized carbons (Fsp3) is 0. The van der Waals surface area contributed by atoms with E-state index in [1.54, 1.807) is 0 Å². The Morgan fingerprint density at radius 2 is 0.765 bits per heavy atom. The smallest absolute Gasteiger partial charge is 0.168 e. The van der Waals surface area contributed by atoms with Crippen molar-refractivity contribution in [2.24, 2.45) is 0 Å². The second kappa shape index (κ2) is 11.9. The molecule has 0 amide bonds. The third-order valence-electron chi connectivity index (χ3n) is 10.1. The Kier molecular flexibility index (Phi) is 6.81. The van der Waals surface area contributed by atoms with Gasteiger partial charge in [-0.05, 0) is 68.4 Å². The summed E-state index contributed by atoms with van der Waals surface area (Å²) in [5.74, 6) is 0.826. The average Bonchev–Trinajstić information content (AvgIpc) is 3.52. The molecule has 0 saturated carbocycles. The molecule has 0 N–H and O–H groups in total. The van der Waals surface area contributed by atoms with E-state index in [0.29, 0.717) is 0 Å². The third kappa shape index (κ3) is 4.98. The molecule has 0 aliphatic heterocycles. The average molecular weight is 650 g/mol. The number of nitrogens with zero attached hydrogens (tertiary/aromatic N) is 3. The quantitative estimate of drug-likeness (QED) is 0.186. The summed E-state index contributed by atoms with van der Waals surface area (Å²) in [4.78, 5) is 0. The molecule has 0 aliphatic rings. The van der Waals surface area contributed by atoms with Crippen LogP contribution in [0.2, 0.25) is 0 Å². The summed E-state index contributed by atoms with van der Waals surface area (Å²) >= 11 is 0. The van der Waals surface area contributed by atoms with E-state index in [2.05, 4.69) is 187 Å². The maximum Gasteiger partial charge on any atom is 0.168 e. The summed E-state index contributed by atoms with van der Waals surface area (Å²) < 4.78 is 2.30. The molecule has 0 bridgehead atoms. The molecule has 0 unspecified atom stereocenters. The van der Waals surface area contributed by atoms with E-state index in [4.69, 9.17) is 10.2 Å². The van der Waals surface area contributed by atoms with Crippen molar-refractivity contribution in [2.45, 2.75) is 0 Å². The standard InChI is InChI=1S/C48H31N3/c1-3-11-32(12-4-1)34-19-21-35(22-20-34)36-23-25-37(26-24-36)47-41-17-9-10-18-42(41)48(50-49-47)51-45-28-27-40(33-13-5-2-6-14-33)30-43(45)44-29-38-15-7-8-16-39(38)31-46(44)51/h1-31H. The Hall–Kier alpha value is -6.84. The van der Waals surface area contributed by atoms with Crippen molar-refractivity contribution in [1.29, 1.82) is 0 Å². The largest absolute Gasteiger partial charge is 0.292 e. The van der Waals surface area contributed by atoms with Crippen LogP contribution in [0.3, 0.4) is 0 Å². The molecule has 238 valence electrons. The summed E-state index contributed by atoms with van der Waals surface area (Å²) in [5, 5.41) is 16.9. The van der Waals surface area contributed by atoms with Gasteiger partial charge in [-0.25, -0.2) is 0 Å². The number of aromatic nitrogens is 3. The molecule has 0 atom stereocenters. The van der Waals surface area contributed by atoms with Gasteiger partial charge in [-0.2, -0.15) is 0 Å². The van der Waals surface area contributed by atoms with E-state index in [-0.39, 0.29) is 0 Å². The van der Waals surface area contributed by atoms with Gasteiger partial charge >= 0.3 is 0 Å². The van der Waals surface area contributed by atoms with Crippen molar-refractivity contribution in [3.8, 4) is 50.5 Å². The molecule has 8 aromatic carbocycles. The molecule has 10 aromatic rings. The molecule has 0 radical (unpaired) electrons. The minimum atomic E-state index is 0.826. The van der Waals surface area contributed by atoms with Crippen molar-refractivity contribution < 1.29 is 0 Å². The highest BCUT2D eigenvalue weighted by molar-refractivity contribution is 6.15. The van der Waals surface area contributed by atoms with Gasteiger partial charge < -0.3 is 0 Å². The molecule has 51 heavy (non-hydrogen) atoms. The van der Waals surface area contributed by atoms with Crippen LogP contribution >= 0.6 is 0 Å². The van der Waals surface area contributed by atoms with Crippen LogP contribution in [0, 0.1) is 0 Å². The summed E-state index contributed by atoms with van der Waals surface area (Å²) in [7, 11) is 0. The van der Waals surface area contributed by atoms with Crippen molar-refractivity contribution in [1.82, 2.24) is 14.8 Å². The molecular weight excluding hydrogens is 619 g/mol. The first-order chi connectivity index (χ1) is 25.3. The van der Waals surface area contributed by atoms with Crippen LogP contribution in [0.1, 0.15) is 0 Å². The molecule has 2 aromatic heterocycles. The Morgan fingerprint density at radius 3 is 1.41 bits per heavy atom. The van der Waals surface area contributed by atoms with Crippen LogP contribution in [-0.2, 0) is 0 Å². The highest BCUT2D eigenvalue weighted by atomic mass is 15.2. The number of hydrogen-bond donors (Lipinski definition) is 0. The van der Waals surface area contributed by atoms with Gasteiger partial charge in [-0.1, -0.05) is 164 Å². The third-order valence-corrected chi connectivity index (χ3v) is 10.1. The normalized spacial score (nSPS) is 11.5. The molecule has 0 saturated heterocycles. The zero-order valence-corrected chi connectivity index (χ0v) is 27.7. The van der Waals surface area contributed by atoms with Gasteiger partial charge in [0.05, 0.1) is 11.0 Å². The zero-order valence-electron chi connectivity index (χ0n) is 27.7. The van der Waals surface area contributed by atoms with Crippen LogP contribution < -0.4 is 0 Å². The molecule has 10 rings (SSSR count). The van der Waals surface area contributed by atoms with Crippen molar-refractivity contribution in [3.05, 3.63) is 188 Å². The molecule has 0 spiro atoms. The number of hydrogen-bond acceptors (Lipinski definition) is 2. The minimum Gasteiger partial charge on any atom is -0.292 e. The highest BCUT2D eigenvalue weighted by Crippen LogP contribution is 2.39. The predicted octanol–water partition coefficient (Wildman–Crippen LogP) is 12.5. The van der Waals surface area contributed by atoms with Gasteiger partial charge in [-0.3, -0.25) is 4.57 Å². The van der Waals surface area contributed by atoms with Crippen molar-refractivity contribution >= 4 is 43.4 Å². The summed E-state index contributed by atoms with van der Waals surface area (Å²) in [6.45, 7) is 0. The Balaban J connectivity index is 1.10. The summed E-state index contributed by atoms with van der Waals surface area (Å²) in [6, 6.07) is 67.0. The lowest BCUT2D eigenvalue weighted by atomic mass is 9.98. The monoisotopic (exact) mass is 649 g/mol. The van der Waals surface area contributed by atoms with Gasteiger partial charge in [0.2, 0.25) is 0 Å². The molecule has 3 nitrogen and oxygen atoms in total. The van der Waals surface area contributed by atoms with Gasteiger partial charge in [0, 0.05) is 27.1 Å². The lowest BCUT2D eigenvalue weighted by Crippen LogP contribution is -2.02. The topological polar surface area (TPSA) is 30.7 Å². The molecule has 2 heterocycles. The lowest BCUT2D eigenvalue weighted by molar-refractivity contribution is 0.977. The Morgan fingerprint density at radius 1 is 0.294 bits per heavy atom. The summed E-state index contributed by atoms with van der Waals surface area (Å²) in [6.07, 6.45) is 0. The first kappa shape index (κ1) is 29.1. The van der Waals surface area contributed by atoms with E-state index >= 15 is 0 Å². The highest BCUT2D eigenvalue weighted by Gasteiger charge is 2.19. The Bertz CT molecular complexity index is 2870. The van der Waals surface area contributed by atoms with E-state index in [1.165, 1.54) is 54.9 Å². The second-order valence-corrected chi connectivity index (χ2v) is 13.1. The molecule has 0 aliphatic carbocycles. The van der Waals surface area contributed by atoms with E-state index in [0.717, 1.165) is 38.9 Å². The van der Waals surface area contributed by atoms with Crippen molar-refractivity contribution in [2.75, 3.05) is 0 Å². The van der Waals surface area contributed by atoms with Crippen molar-refractivity contribution in [3.63, 3.8) is 0 Å². The van der Waals surface area contributed by atoms with E-state index in [1.807, 2.05) is 6.07 Å². The second-order valence-electron chi connectivity index (χ2n) is 13.1. The summed E-state index contributed by atoms with van der Waals surface area (Å²) in [5.41, 5.74) is 11.3. The SMILES string of the molecule is c1ccc(-c2ccc(-c3ccc(-c4nnc(-n5c6ccc(-c7ccccc7)cc6c6cc7ccccc7cc65)c5ccccc45)cc3)cc2)cc1. The molecular formula is C48H31N3. The van der Waals surface area contributed by atoms with Crippen LogP contribution in [0.5, 0.6) is 0 Å². The van der Waals surface area contributed by atoms with Gasteiger partial charge in [0.15, 0.2) is 5.82 Å². The van der Waals surface area contributed by atoms with Crippen LogP contribution in [-0.4, -0.2) is 14.8 Å². The van der Waals surface area contributed by atoms with E-state index < -0.39 is 0 Å². The van der Waals surface area contributed by atoms with Gasteiger partial charge in [-0.15, -0.1) is 10.2 Å². The fourth-order valence-corrected chi connectivity index (χ4v) is 7.52. The zero-order chi connectivity index (χ0) is 33.7. The van der Waals surface area contributed by atoms with Crippen LogP contribution in [0.25, 0.3) is 93.8 Å². The maximum absolute atomic E-state index is 5.02. The Labute approximate surface area is 295 Å². The number of rotatable bonds is 5. The first-order valence-corrected chi connectivity index (χ1v) is 17.3. The first-order valence-electron chi connectivity index (χ1n) is 17.3. The fourth-order valence-electron chi connectivity index (χ4n) is 7.52. The van der Waals surface area contributed by atoms with Crippen LogP contribution in [0.4, 0.5) is 0 Å². The maximum atomic E-state index is 5.02. The lowest BCUT2D eigenvalue weighted by Gasteiger charge is -2.13. The van der Waals surface area contributed by atoms with Gasteiger partial charge in [0.1, 0.15) is 5.69 Å².